The minimum absolute atomic E-state index is 0.0666. The fraction of sp³-hybridized carbons (Fsp3) is 0.263. The largest absolute Gasteiger partial charge is 0.394 e. The second kappa shape index (κ2) is 7.17. The van der Waals surface area contributed by atoms with E-state index >= 15 is 0 Å². The minimum Gasteiger partial charge on any atom is -0.394 e. The van der Waals surface area contributed by atoms with Gasteiger partial charge >= 0.3 is 0 Å². The van der Waals surface area contributed by atoms with Crippen molar-refractivity contribution >= 4 is 22.9 Å². The van der Waals surface area contributed by atoms with Crippen LogP contribution >= 0.6 is 0 Å². The molecule has 1 aliphatic carbocycles. The molecule has 0 unspecified atom stereocenters. The highest BCUT2D eigenvalue weighted by atomic mass is 19.1. The Morgan fingerprint density at radius 3 is 2.86 bits per heavy atom. The molecule has 4 rings (SSSR count). The molecule has 0 bridgehead atoms. The lowest BCUT2D eigenvalue weighted by Gasteiger charge is -2.16. The number of nitrogens with one attached hydrogen (secondary N) is 2. The maximum Gasteiger partial charge on any atom is 0.278 e. The Hall–Kier alpha value is -3.04. The summed E-state index contributed by atoms with van der Waals surface area (Å²) in [5, 5.41) is 11.7. The van der Waals surface area contributed by atoms with Crippen LogP contribution in [0.1, 0.15) is 28.8 Å². The number of halogens is 2. The van der Waals surface area contributed by atoms with Crippen molar-refractivity contribution in [3.63, 3.8) is 0 Å². The van der Waals surface area contributed by atoms with Crippen LogP contribution in [0.5, 0.6) is 0 Å². The summed E-state index contributed by atoms with van der Waals surface area (Å²) >= 11 is 0. The van der Waals surface area contributed by atoms with Crippen molar-refractivity contribution < 1.29 is 23.5 Å². The number of hydrogen-bond donors (Lipinski definition) is 3. The Kier molecular flexibility index (Phi) is 4.70. The van der Waals surface area contributed by atoms with Crippen LogP contribution < -0.4 is 10.8 Å². The number of aromatic nitrogens is 2. The summed E-state index contributed by atoms with van der Waals surface area (Å²) in [5.41, 5.74) is 2.06. The van der Waals surface area contributed by atoms with Crippen LogP contribution in [-0.2, 0) is 10.5 Å². The summed E-state index contributed by atoms with van der Waals surface area (Å²) in [6.07, 6.45) is 3.86. The lowest BCUT2D eigenvalue weighted by atomic mass is 10.1. The first kappa shape index (κ1) is 18.3. The van der Waals surface area contributed by atoms with Crippen molar-refractivity contribution in [3.05, 3.63) is 59.8 Å². The van der Waals surface area contributed by atoms with Gasteiger partial charge in [-0.2, -0.15) is 0 Å². The van der Waals surface area contributed by atoms with E-state index < -0.39 is 17.4 Å². The Morgan fingerprint density at radius 1 is 1.32 bits per heavy atom. The van der Waals surface area contributed by atoms with Crippen LogP contribution in [0.2, 0.25) is 0 Å². The van der Waals surface area contributed by atoms with Crippen LogP contribution in [0, 0.1) is 5.82 Å². The molecule has 1 saturated carbocycles. The minimum atomic E-state index is -1.43. The van der Waals surface area contributed by atoms with E-state index in [0.29, 0.717) is 23.9 Å². The Labute approximate surface area is 158 Å². The predicted molar refractivity (Wildman–Crippen MR) is 97.4 cm³/mol. The maximum atomic E-state index is 14.6. The zero-order valence-corrected chi connectivity index (χ0v) is 14.8. The predicted octanol–water partition coefficient (Wildman–Crippen LogP) is 2.83. The van der Waals surface area contributed by atoms with Gasteiger partial charge in [0.1, 0.15) is 23.6 Å². The normalized spacial score (nSPS) is 14.8. The molecule has 28 heavy (non-hydrogen) atoms. The molecule has 1 aromatic carbocycles. The molecule has 3 aromatic rings. The van der Waals surface area contributed by atoms with Gasteiger partial charge in [-0.1, -0.05) is 6.07 Å². The van der Waals surface area contributed by atoms with Gasteiger partial charge in [0, 0.05) is 0 Å². The fourth-order valence-corrected chi connectivity index (χ4v) is 2.94. The Bertz CT molecular complexity index is 1030. The number of alkyl halides is 1. The van der Waals surface area contributed by atoms with E-state index in [0.717, 1.165) is 0 Å². The molecule has 0 spiro atoms. The molecular formula is C19H18F2N4O3. The summed E-state index contributed by atoms with van der Waals surface area (Å²) < 4.78 is 30.4. The molecule has 3 N–H and O–H groups in total. The number of rotatable bonds is 7. The highest BCUT2D eigenvalue weighted by Crippen LogP contribution is 2.50. The summed E-state index contributed by atoms with van der Waals surface area (Å²) in [5.74, 6) is -0.932. The number of aliphatic hydroxyl groups is 1. The summed E-state index contributed by atoms with van der Waals surface area (Å²) in [6.45, 7) is -0.317. The van der Waals surface area contributed by atoms with Crippen LogP contribution in [-0.4, -0.2) is 33.6 Å². The summed E-state index contributed by atoms with van der Waals surface area (Å²) in [4.78, 5) is 21.3. The topological polar surface area (TPSA) is 87.9 Å². The second-order valence-electron chi connectivity index (χ2n) is 6.57. The van der Waals surface area contributed by atoms with Crippen molar-refractivity contribution in [1.82, 2.24) is 14.9 Å². The van der Waals surface area contributed by atoms with Gasteiger partial charge in [-0.15, -0.1) is 0 Å². The molecule has 2 heterocycles. The van der Waals surface area contributed by atoms with Crippen molar-refractivity contribution in [2.75, 3.05) is 18.5 Å². The second-order valence-corrected chi connectivity index (χ2v) is 6.57. The number of imidazole rings is 1. The molecule has 2 aromatic heterocycles. The van der Waals surface area contributed by atoms with Crippen LogP contribution in [0.3, 0.4) is 0 Å². The number of amides is 1. The highest BCUT2D eigenvalue weighted by molar-refractivity contribution is 5.99. The number of pyridine rings is 1. The van der Waals surface area contributed by atoms with Gasteiger partial charge in [0.2, 0.25) is 0 Å². The molecule has 0 aliphatic heterocycles. The molecular weight excluding hydrogens is 370 g/mol. The molecule has 0 saturated heterocycles. The van der Waals surface area contributed by atoms with Gasteiger partial charge in [0.05, 0.1) is 36.2 Å². The fourth-order valence-electron chi connectivity index (χ4n) is 2.94. The lowest BCUT2D eigenvalue weighted by molar-refractivity contribution is 0.0168. The highest BCUT2D eigenvalue weighted by Gasteiger charge is 2.45. The number of carbonyl (C=O) groups excluding carboxylic acids is 1. The molecule has 1 aliphatic rings. The molecule has 0 radical (unpaired) electrons. The zero-order chi connectivity index (χ0) is 19.7. The SMILES string of the molecule is O=C(NOCCO)c1ccc2cncn2c1Nc1ccc(C2(F)CC2)cc1F. The van der Waals surface area contributed by atoms with Crippen molar-refractivity contribution in [1.29, 1.82) is 0 Å². The van der Waals surface area contributed by atoms with Gasteiger partial charge in [-0.05, 0) is 42.7 Å². The van der Waals surface area contributed by atoms with Crippen molar-refractivity contribution in [3.8, 4) is 0 Å². The number of hydroxylamine groups is 1. The smallest absolute Gasteiger partial charge is 0.278 e. The molecule has 0 atom stereocenters. The van der Waals surface area contributed by atoms with Crippen LogP contribution in [0.4, 0.5) is 20.3 Å². The van der Waals surface area contributed by atoms with E-state index in [9.17, 15) is 13.6 Å². The Balaban J connectivity index is 1.68. The third kappa shape index (κ3) is 3.41. The van der Waals surface area contributed by atoms with Gasteiger partial charge in [-0.3, -0.25) is 14.0 Å². The van der Waals surface area contributed by atoms with Crippen molar-refractivity contribution in [2.24, 2.45) is 0 Å². The average molecular weight is 388 g/mol. The van der Waals surface area contributed by atoms with E-state index in [-0.39, 0.29) is 30.3 Å². The first-order valence-corrected chi connectivity index (χ1v) is 8.76. The number of benzene rings is 1. The van der Waals surface area contributed by atoms with Gasteiger partial charge in [0.15, 0.2) is 0 Å². The number of nitrogens with zero attached hydrogens (tertiary/aromatic N) is 2. The number of fused-ring (bicyclic) bond motifs is 1. The first-order chi connectivity index (χ1) is 13.5. The molecule has 1 fully saturated rings. The van der Waals surface area contributed by atoms with Gasteiger partial charge in [-0.25, -0.2) is 19.2 Å². The number of carbonyl (C=O) groups is 1. The zero-order valence-electron chi connectivity index (χ0n) is 14.8. The third-order valence-electron chi connectivity index (χ3n) is 4.62. The molecule has 146 valence electrons. The summed E-state index contributed by atoms with van der Waals surface area (Å²) in [6, 6.07) is 7.39. The number of hydrogen-bond acceptors (Lipinski definition) is 5. The first-order valence-electron chi connectivity index (χ1n) is 8.76. The third-order valence-corrected chi connectivity index (χ3v) is 4.62. The number of anilines is 2. The molecule has 7 nitrogen and oxygen atoms in total. The van der Waals surface area contributed by atoms with E-state index in [1.165, 1.54) is 24.5 Å². The monoisotopic (exact) mass is 388 g/mol. The quantitative estimate of drug-likeness (QED) is 0.428. The summed E-state index contributed by atoms with van der Waals surface area (Å²) in [7, 11) is 0. The molecule has 1 amide bonds. The Morgan fingerprint density at radius 2 is 2.14 bits per heavy atom. The van der Waals surface area contributed by atoms with E-state index in [2.05, 4.69) is 15.8 Å². The van der Waals surface area contributed by atoms with Crippen LogP contribution in [0.15, 0.2) is 42.9 Å². The van der Waals surface area contributed by atoms with Gasteiger partial charge < -0.3 is 10.4 Å². The maximum absolute atomic E-state index is 14.6. The molecule has 9 heteroatoms. The van der Waals surface area contributed by atoms with E-state index in [1.54, 1.807) is 22.7 Å². The van der Waals surface area contributed by atoms with Crippen LogP contribution in [0.25, 0.3) is 5.52 Å². The van der Waals surface area contributed by atoms with Gasteiger partial charge in [0.25, 0.3) is 5.91 Å². The number of aliphatic hydroxyl groups excluding tert-OH is 1. The van der Waals surface area contributed by atoms with E-state index in [1.807, 2.05) is 0 Å². The van der Waals surface area contributed by atoms with Crippen molar-refractivity contribution in [2.45, 2.75) is 18.5 Å². The average Bonchev–Trinajstić information content (AvgIpc) is 3.25. The lowest BCUT2D eigenvalue weighted by Crippen LogP contribution is -2.26. The standard InChI is InChI=1S/C19H18F2N4O3/c20-15-9-12(19(21)5-6-19)1-4-16(15)23-17-14(18(27)24-28-8-7-26)3-2-13-10-22-11-25(13)17/h1-4,9-11,23,26H,5-8H2,(H,24,27). The van der Waals surface area contributed by atoms with E-state index in [4.69, 9.17) is 9.94 Å².